The van der Waals surface area contributed by atoms with Crippen molar-refractivity contribution >= 4 is 52.4 Å². The fourth-order valence-electron chi connectivity index (χ4n) is 1.79. The SMILES string of the molecule is C#CCOC(=O)c1cc(Cl)c(OCc2ccc(Cl)c(Cl)c2)c(Cl)c1. The summed E-state index contributed by atoms with van der Waals surface area (Å²) < 4.78 is 10.4. The van der Waals surface area contributed by atoms with Crippen LogP contribution in [0.2, 0.25) is 20.1 Å². The lowest BCUT2D eigenvalue weighted by Gasteiger charge is -2.12. The topological polar surface area (TPSA) is 35.5 Å². The van der Waals surface area contributed by atoms with E-state index >= 15 is 0 Å². The molecule has 7 heteroatoms. The Kier molecular flexibility index (Phi) is 6.65. The van der Waals surface area contributed by atoms with E-state index in [0.29, 0.717) is 10.0 Å². The van der Waals surface area contributed by atoms with Gasteiger partial charge in [-0.05, 0) is 29.8 Å². The van der Waals surface area contributed by atoms with Crippen molar-refractivity contribution in [3.8, 4) is 18.1 Å². The van der Waals surface area contributed by atoms with Gasteiger partial charge in [-0.3, -0.25) is 0 Å². The summed E-state index contributed by atoms with van der Waals surface area (Å²) in [5.41, 5.74) is 0.969. The molecular formula is C17H10Cl4O3. The highest BCUT2D eigenvalue weighted by Gasteiger charge is 2.15. The third-order valence-electron chi connectivity index (χ3n) is 2.89. The normalized spacial score (nSPS) is 10.1. The first-order valence-electron chi connectivity index (χ1n) is 6.58. The molecule has 24 heavy (non-hydrogen) atoms. The standard InChI is InChI=1S/C17H10Cl4O3/c1-2-5-23-17(22)11-7-14(20)16(15(21)8-11)24-9-10-3-4-12(18)13(19)6-10/h1,3-4,6-8H,5,9H2. The van der Waals surface area contributed by atoms with Gasteiger partial charge in [-0.2, -0.15) is 0 Å². The van der Waals surface area contributed by atoms with Gasteiger partial charge >= 0.3 is 5.97 Å². The van der Waals surface area contributed by atoms with Crippen LogP contribution in [0.15, 0.2) is 30.3 Å². The minimum atomic E-state index is -0.618. The Morgan fingerprint density at radius 3 is 2.25 bits per heavy atom. The van der Waals surface area contributed by atoms with Crippen molar-refractivity contribution in [3.05, 3.63) is 61.5 Å². The van der Waals surface area contributed by atoms with Crippen LogP contribution in [-0.2, 0) is 11.3 Å². The van der Waals surface area contributed by atoms with E-state index in [-0.39, 0.29) is 34.6 Å². The average Bonchev–Trinajstić information content (AvgIpc) is 2.54. The van der Waals surface area contributed by atoms with Gasteiger partial charge in [-0.25, -0.2) is 4.79 Å². The number of esters is 1. The van der Waals surface area contributed by atoms with E-state index in [1.54, 1.807) is 18.2 Å². The van der Waals surface area contributed by atoms with Gasteiger partial charge in [0.1, 0.15) is 6.61 Å². The molecule has 2 rings (SSSR count). The zero-order valence-corrected chi connectivity index (χ0v) is 15.1. The molecule has 0 aliphatic carbocycles. The minimum Gasteiger partial charge on any atom is -0.486 e. The highest BCUT2D eigenvalue weighted by atomic mass is 35.5. The number of benzene rings is 2. The van der Waals surface area contributed by atoms with Gasteiger partial charge in [0.15, 0.2) is 12.4 Å². The molecule has 0 spiro atoms. The quantitative estimate of drug-likeness (QED) is 0.476. The Labute approximate surface area is 159 Å². The molecule has 0 aromatic heterocycles. The molecule has 0 saturated heterocycles. The van der Waals surface area contributed by atoms with Gasteiger partial charge in [0, 0.05) is 0 Å². The van der Waals surface area contributed by atoms with E-state index in [1.165, 1.54) is 12.1 Å². The molecule has 0 N–H and O–H groups in total. The van der Waals surface area contributed by atoms with Crippen LogP contribution in [0, 0.1) is 12.3 Å². The van der Waals surface area contributed by atoms with Crippen LogP contribution in [-0.4, -0.2) is 12.6 Å². The number of carbonyl (C=O) groups excluding carboxylic acids is 1. The zero-order valence-electron chi connectivity index (χ0n) is 12.1. The first kappa shape index (κ1) is 18.8. The minimum absolute atomic E-state index is 0.135. The van der Waals surface area contributed by atoms with E-state index < -0.39 is 5.97 Å². The number of halogens is 4. The van der Waals surface area contributed by atoms with Crippen molar-refractivity contribution in [1.82, 2.24) is 0 Å². The largest absolute Gasteiger partial charge is 0.486 e. The van der Waals surface area contributed by atoms with Crippen molar-refractivity contribution in [2.45, 2.75) is 6.61 Å². The fourth-order valence-corrected chi connectivity index (χ4v) is 2.71. The molecule has 0 aliphatic rings. The van der Waals surface area contributed by atoms with Gasteiger partial charge < -0.3 is 9.47 Å². The lowest BCUT2D eigenvalue weighted by Crippen LogP contribution is -2.06. The molecule has 2 aromatic rings. The summed E-state index contributed by atoms with van der Waals surface area (Å²) >= 11 is 24.1. The van der Waals surface area contributed by atoms with Crippen LogP contribution in [0.25, 0.3) is 0 Å². The fraction of sp³-hybridized carbons (Fsp3) is 0.118. The van der Waals surface area contributed by atoms with Gasteiger partial charge in [-0.15, -0.1) is 6.42 Å². The van der Waals surface area contributed by atoms with Crippen molar-refractivity contribution in [3.63, 3.8) is 0 Å². The molecule has 0 radical (unpaired) electrons. The summed E-state index contributed by atoms with van der Waals surface area (Å²) in [4.78, 5) is 11.8. The maximum atomic E-state index is 11.8. The smallest absolute Gasteiger partial charge is 0.339 e. The molecule has 0 atom stereocenters. The molecule has 0 amide bonds. The molecule has 0 aliphatic heterocycles. The zero-order chi connectivity index (χ0) is 17.7. The van der Waals surface area contributed by atoms with E-state index in [0.717, 1.165) is 5.56 Å². The molecule has 0 unspecified atom stereocenters. The van der Waals surface area contributed by atoms with Crippen LogP contribution in [0.1, 0.15) is 15.9 Å². The van der Waals surface area contributed by atoms with E-state index in [2.05, 4.69) is 5.92 Å². The van der Waals surface area contributed by atoms with E-state index in [4.69, 9.17) is 62.3 Å². The molecule has 0 heterocycles. The van der Waals surface area contributed by atoms with Crippen LogP contribution >= 0.6 is 46.4 Å². The van der Waals surface area contributed by atoms with Crippen molar-refractivity contribution in [2.24, 2.45) is 0 Å². The van der Waals surface area contributed by atoms with Gasteiger partial charge in [0.2, 0.25) is 0 Å². The third-order valence-corrected chi connectivity index (χ3v) is 4.19. The molecule has 0 bridgehead atoms. The van der Waals surface area contributed by atoms with E-state index in [1.807, 2.05) is 0 Å². The molecule has 2 aromatic carbocycles. The molecule has 124 valence electrons. The Hall–Kier alpha value is -1.57. The molecular weight excluding hydrogens is 394 g/mol. The monoisotopic (exact) mass is 402 g/mol. The predicted octanol–water partition coefficient (Wildman–Crippen LogP) is 5.67. The number of rotatable bonds is 5. The number of carbonyl (C=O) groups is 1. The number of hydrogen-bond acceptors (Lipinski definition) is 3. The summed E-state index contributed by atoms with van der Waals surface area (Å²) in [5.74, 6) is 1.83. The van der Waals surface area contributed by atoms with Crippen LogP contribution in [0.3, 0.4) is 0 Å². The molecule has 0 fully saturated rings. The summed E-state index contributed by atoms with van der Waals surface area (Å²) in [6.07, 6.45) is 5.04. The van der Waals surface area contributed by atoms with Crippen molar-refractivity contribution < 1.29 is 14.3 Å². The lowest BCUT2D eigenvalue weighted by atomic mass is 10.2. The Bertz CT molecular complexity index is 789. The van der Waals surface area contributed by atoms with Gasteiger partial charge in [0.25, 0.3) is 0 Å². The molecule has 0 saturated carbocycles. The van der Waals surface area contributed by atoms with E-state index in [9.17, 15) is 4.79 Å². The maximum absolute atomic E-state index is 11.8. The summed E-state index contributed by atoms with van der Waals surface area (Å²) in [7, 11) is 0. The predicted molar refractivity (Wildman–Crippen MR) is 96.4 cm³/mol. The number of ether oxygens (including phenoxy) is 2. The lowest BCUT2D eigenvalue weighted by molar-refractivity contribution is 0.0556. The maximum Gasteiger partial charge on any atom is 0.339 e. The molecule has 3 nitrogen and oxygen atoms in total. The first-order valence-corrected chi connectivity index (χ1v) is 8.10. The number of terminal acetylenes is 1. The third kappa shape index (κ3) is 4.72. The summed E-state index contributed by atoms with van der Waals surface area (Å²) in [5, 5.41) is 1.22. The summed E-state index contributed by atoms with van der Waals surface area (Å²) in [6.45, 7) is 0.0425. The van der Waals surface area contributed by atoms with Crippen molar-refractivity contribution in [2.75, 3.05) is 6.61 Å². The van der Waals surface area contributed by atoms with Crippen LogP contribution in [0.4, 0.5) is 0 Å². The highest BCUT2D eigenvalue weighted by Crippen LogP contribution is 2.35. The second-order valence-corrected chi connectivity index (χ2v) is 6.22. The average molecular weight is 404 g/mol. The second kappa shape index (κ2) is 8.50. The Balaban J connectivity index is 2.15. The Morgan fingerprint density at radius 1 is 1.00 bits per heavy atom. The Morgan fingerprint density at radius 2 is 1.67 bits per heavy atom. The second-order valence-electron chi connectivity index (χ2n) is 4.59. The van der Waals surface area contributed by atoms with Crippen molar-refractivity contribution in [1.29, 1.82) is 0 Å². The number of hydrogen-bond donors (Lipinski definition) is 0. The van der Waals surface area contributed by atoms with Crippen LogP contribution in [0.5, 0.6) is 5.75 Å². The van der Waals surface area contributed by atoms with Gasteiger partial charge in [0.05, 0.1) is 25.7 Å². The first-order chi connectivity index (χ1) is 11.4. The van der Waals surface area contributed by atoms with Crippen LogP contribution < -0.4 is 4.74 Å². The van der Waals surface area contributed by atoms with Gasteiger partial charge in [-0.1, -0.05) is 58.4 Å². The highest BCUT2D eigenvalue weighted by molar-refractivity contribution is 6.42. The summed E-state index contributed by atoms with van der Waals surface area (Å²) in [6, 6.07) is 7.90.